The molecular formula is C47H31N3O. The van der Waals surface area contributed by atoms with Gasteiger partial charge in [0, 0.05) is 21.9 Å². The van der Waals surface area contributed by atoms with Gasteiger partial charge in [0.25, 0.3) is 0 Å². The Balaban J connectivity index is 1.16. The lowest BCUT2D eigenvalue weighted by Crippen LogP contribution is -2.36. The normalized spacial score (nSPS) is 14.5. The fourth-order valence-electron chi connectivity index (χ4n) is 7.46. The van der Waals surface area contributed by atoms with Gasteiger partial charge < -0.3 is 9.73 Å². The molecule has 4 heteroatoms. The number of rotatable bonds is 5. The van der Waals surface area contributed by atoms with Crippen molar-refractivity contribution >= 4 is 55.2 Å². The van der Waals surface area contributed by atoms with Crippen LogP contribution in [0.25, 0.3) is 65.7 Å². The quantitative estimate of drug-likeness (QED) is 0.201. The zero-order chi connectivity index (χ0) is 33.7. The van der Waals surface area contributed by atoms with Crippen molar-refractivity contribution in [2.24, 2.45) is 9.98 Å². The molecule has 9 aromatic rings. The number of hydrogen-bond donors (Lipinski definition) is 1. The van der Waals surface area contributed by atoms with Crippen LogP contribution >= 0.6 is 0 Å². The summed E-state index contributed by atoms with van der Waals surface area (Å²) in [6.45, 7) is 0. The molecule has 0 bridgehead atoms. The first kappa shape index (κ1) is 29.2. The second-order valence-electron chi connectivity index (χ2n) is 13.0. The number of para-hydroxylation sites is 1. The average Bonchev–Trinajstić information content (AvgIpc) is 3.59. The summed E-state index contributed by atoms with van der Waals surface area (Å²) in [6, 6.07) is 61.6. The summed E-state index contributed by atoms with van der Waals surface area (Å²) in [5.41, 5.74) is 9.24. The van der Waals surface area contributed by atoms with Crippen LogP contribution in [0.2, 0.25) is 0 Å². The molecule has 0 radical (unpaired) electrons. The first-order valence-electron chi connectivity index (χ1n) is 17.3. The van der Waals surface area contributed by atoms with E-state index in [9.17, 15) is 0 Å². The van der Waals surface area contributed by atoms with Gasteiger partial charge in [0.2, 0.25) is 0 Å². The van der Waals surface area contributed by atoms with Gasteiger partial charge in [0.1, 0.15) is 22.8 Å². The monoisotopic (exact) mass is 653 g/mol. The lowest BCUT2D eigenvalue weighted by Gasteiger charge is -2.23. The standard InChI is InChI=1S/C47H31N3O/c1-2-14-33(15-3-1)45-48-46(34-26-24-32(25-27-34)38-21-10-16-30-12-4-6-18-36(30)38)50-47(49-45)41-28-35(39-22-11-17-31-13-5-7-19-37(31)39)29-43-44(41)40-20-8-9-23-42(40)51-43/h1-29,46H,(H,48,49,50). The van der Waals surface area contributed by atoms with Crippen LogP contribution in [0.1, 0.15) is 22.9 Å². The van der Waals surface area contributed by atoms with Gasteiger partial charge in [-0.25, -0.2) is 9.98 Å². The van der Waals surface area contributed by atoms with Crippen molar-refractivity contribution in [2.45, 2.75) is 6.17 Å². The Morgan fingerprint density at radius 2 is 1.00 bits per heavy atom. The van der Waals surface area contributed by atoms with Crippen LogP contribution in [0, 0.1) is 0 Å². The van der Waals surface area contributed by atoms with E-state index in [4.69, 9.17) is 14.4 Å². The SMILES string of the molecule is c1ccc(C2=NC(c3ccc(-c4cccc5ccccc45)cc3)N=C(c3cc(-c4cccc5ccccc45)cc4oc5ccccc5c34)N2)cc1. The molecule has 240 valence electrons. The highest BCUT2D eigenvalue weighted by molar-refractivity contribution is 6.24. The molecule has 0 fully saturated rings. The Hall–Kier alpha value is -6.78. The molecule has 1 N–H and O–H groups in total. The summed E-state index contributed by atoms with van der Waals surface area (Å²) < 4.78 is 6.55. The summed E-state index contributed by atoms with van der Waals surface area (Å²) in [5, 5.41) is 10.6. The van der Waals surface area contributed by atoms with Crippen LogP contribution in [0.3, 0.4) is 0 Å². The van der Waals surface area contributed by atoms with E-state index < -0.39 is 6.17 Å². The molecule has 0 aliphatic carbocycles. The molecule has 1 aliphatic heterocycles. The fraction of sp³-hybridized carbons (Fsp3) is 0.0213. The predicted molar refractivity (Wildman–Crippen MR) is 211 cm³/mol. The summed E-state index contributed by atoms with van der Waals surface area (Å²) in [6.07, 6.45) is -0.451. The Kier molecular flexibility index (Phi) is 6.85. The van der Waals surface area contributed by atoms with E-state index in [1.54, 1.807) is 0 Å². The van der Waals surface area contributed by atoms with E-state index in [2.05, 4.69) is 151 Å². The average molecular weight is 654 g/mol. The molecule has 0 spiro atoms. The number of nitrogens with one attached hydrogen (secondary N) is 1. The Labute approximate surface area is 295 Å². The molecule has 1 aliphatic rings. The predicted octanol–water partition coefficient (Wildman–Crippen LogP) is 11.7. The number of hydrogen-bond acceptors (Lipinski definition) is 4. The van der Waals surface area contributed by atoms with E-state index in [1.165, 1.54) is 27.1 Å². The van der Waals surface area contributed by atoms with Gasteiger partial charge in [-0.3, -0.25) is 0 Å². The third-order valence-corrected chi connectivity index (χ3v) is 9.93. The molecule has 8 aromatic carbocycles. The van der Waals surface area contributed by atoms with E-state index in [-0.39, 0.29) is 0 Å². The summed E-state index contributed by atoms with van der Waals surface area (Å²) >= 11 is 0. The molecule has 0 saturated heterocycles. The van der Waals surface area contributed by atoms with E-state index in [1.807, 2.05) is 30.3 Å². The summed E-state index contributed by atoms with van der Waals surface area (Å²) in [7, 11) is 0. The summed E-state index contributed by atoms with van der Waals surface area (Å²) in [4.78, 5) is 10.6. The molecule has 0 amide bonds. The highest BCUT2D eigenvalue weighted by Gasteiger charge is 2.25. The van der Waals surface area contributed by atoms with E-state index in [0.717, 1.165) is 67.0 Å². The van der Waals surface area contributed by atoms with Gasteiger partial charge in [-0.2, -0.15) is 0 Å². The van der Waals surface area contributed by atoms with Gasteiger partial charge in [0.15, 0.2) is 6.17 Å². The number of aliphatic imine (C=N–C) groups is 2. The van der Waals surface area contributed by atoms with Crippen molar-refractivity contribution in [1.29, 1.82) is 0 Å². The minimum absolute atomic E-state index is 0.451. The molecule has 1 unspecified atom stereocenters. The maximum Gasteiger partial charge on any atom is 0.169 e. The first-order chi connectivity index (χ1) is 25.3. The molecule has 1 atom stereocenters. The molecule has 0 saturated carbocycles. The van der Waals surface area contributed by atoms with Gasteiger partial charge in [0.05, 0.1) is 0 Å². The van der Waals surface area contributed by atoms with Crippen LogP contribution in [0.5, 0.6) is 0 Å². The van der Waals surface area contributed by atoms with Crippen molar-refractivity contribution in [3.8, 4) is 22.3 Å². The van der Waals surface area contributed by atoms with Crippen molar-refractivity contribution in [3.05, 3.63) is 193 Å². The Bertz CT molecular complexity index is 2820. The van der Waals surface area contributed by atoms with E-state index >= 15 is 0 Å². The first-order valence-corrected chi connectivity index (χ1v) is 17.3. The Morgan fingerprint density at radius 1 is 0.412 bits per heavy atom. The number of amidine groups is 2. The zero-order valence-electron chi connectivity index (χ0n) is 27.6. The maximum absolute atomic E-state index is 6.55. The van der Waals surface area contributed by atoms with Gasteiger partial charge in [-0.05, 0) is 67.6 Å². The molecular weight excluding hydrogens is 623 g/mol. The lowest BCUT2D eigenvalue weighted by molar-refractivity contribution is 0.669. The van der Waals surface area contributed by atoms with Crippen LogP contribution in [0.15, 0.2) is 190 Å². The van der Waals surface area contributed by atoms with Crippen LogP contribution in [-0.2, 0) is 0 Å². The van der Waals surface area contributed by atoms with Crippen molar-refractivity contribution < 1.29 is 4.42 Å². The number of benzene rings is 8. The van der Waals surface area contributed by atoms with Crippen LogP contribution in [0.4, 0.5) is 0 Å². The van der Waals surface area contributed by atoms with Gasteiger partial charge >= 0.3 is 0 Å². The van der Waals surface area contributed by atoms with Gasteiger partial charge in [-0.1, -0.05) is 158 Å². The minimum atomic E-state index is -0.451. The third kappa shape index (κ3) is 5.08. The second kappa shape index (κ2) is 12.0. The van der Waals surface area contributed by atoms with Crippen molar-refractivity contribution in [1.82, 2.24) is 5.32 Å². The Morgan fingerprint density at radius 3 is 1.73 bits per heavy atom. The van der Waals surface area contributed by atoms with E-state index in [0.29, 0.717) is 0 Å². The van der Waals surface area contributed by atoms with Crippen molar-refractivity contribution in [2.75, 3.05) is 0 Å². The maximum atomic E-state index is 6.55. The molecule has 51 heavy (non-hydrogen) atoms. The molecule has 10 rings (SSSR count). The molecule has 2 heterocycles. The highest BCUT2D eigenvalue weighted by atomic mass is 16.3. The smallest absolute Gasteiger partial charge is 0.169 e. The number of fused-ring (bicyclic) bond motifs is 5. The largest absolute Gasteiger partial charge is 0.456 e. The zero-order valence-corrected chi connectivity index (χ0v) is 27.6. The topological polar surface area (TPSA) is 49.9 Å². The second-order valence-corrected chi connectivity index (χ2v) is 13.0. The molecule has 1 aromatic heterocycles. The lowest BCUT2D eigenvalue weighted by atomic mass is 9.94. The van der Waals surface area contributed by atoms with Gasteiger partial charge in [-0.15, -0.1) is 0 Å². The fourth-order valence-corrected chi connectivity index (χ4v) is 7.46. The minimum Gasteiger partial charge on any atom is -0.456 e. The van der Waals surface area contributed by atoms with Crippen molar-refractivity contribution in [3.63, 3.8) is 0 Å². The molecule has 4 nitrogen and oxygen atoms in total. The third-order valence-electron chi connectivity index (χ3n) is 9.93. The van der Waals surface area contributed by atoms with Crippen LogP contribution in [-0.4, -0.2) is 11.7 Å². The number of furan rings is 1. The summed E-state index contributed by atoms with van der Waals surface area (Å²) in [5.74, 6) is 1.53. The highest BCUT2D eigenvalue weighted by Crippen LogP contribution is 2.39. The number of nitrogens with zero attached hydrogens (tertiary/aromatic N) is 2. The van der Waals surface area contributed by atoms with Crippen LogP contribution < -0.4 is 5.32 Å².